The molecule has 100 valence electrons. The topological polar surface area (TPSA) is 66.9 Å². The van der Waals surface area contributed by atoms with Crippen LogP contribution in [-0.4, -0.2) is 22.2 Å². The van der Waals surface area contributed by atoms with Gasteiger partial charge in [0.2, 0.25) is 0 Å². The van der Waals surface area contributed by atoms with E-state index in [4.69, 9.17) is 4.74 Å². The van der Waals surface area contributed by atoms with Crippen LogP contribution in [0.3, 0.4) is 0 Å². The molecule has 0 amide bonds. The number of tetrazole rings is 1. The second kappa shape index (κ2) is 5.00. The van der Waals surface area contributed by atoms with Crippen molar-refractivity contribution in [3.8, 4) is 23.1 Å². The van der Waals surface area contributed by atoms with E-state index in [2.05, 4.69) is 10.3 Å². The van der Waals surface area contributed by atoms with Gasteiger partial charge >= 0.3 is 0 Å². The molecule has 0 aliphatic heterocycles. The summed E-state index contributed by atoms with van der Waals surface area (Å²) in [5.41, 5.74) is 1.37. The number of nitrogens with zero attached hydrogens (tertiary/aromatic N) is 4. The fourth-order valence-electron chi connectivity index (χ4n) is 1.82. The largest absolute Gasteiger partial charge is 0.816 e. The molecule has 0 radical (unpaired) electrons. The molecule has 0 atom stereocenters. The van der Waals surface area contributed by atoms with Crippen molar-refractivity contribution < 1.29 is 14.5 Å². The summed E-state index contributed by atoms with van der Waals surface area (Å²) >= 11 is 0. The molecular formula is C14H12N4O2. The molecule has 3 rings (SSSR count). The van der Waals surface area contributed by atoms with E-state index in [0.717, 1.165) is 11.4 Å². The summed E-state index contributed by atoms with van der Waals surface area (Å²) < 4.78 is 6.32. The lowest BCUT2D eigenvalue weighted by Crippen LogP contribution is -2.36. The molecule has 6 heteroatoms. The van der Waals surface area contributed by atoms with Gasteiger partial charge in [0.25, 0.3) is 6.01 Å². The zero-order valence-electron chi connectivity index (χ0n) is 10.8. The third kappa shape index (κ3) is 2.18. The molecule has 0 saturated carbocycles. The van der Waals surface area contributed by atoms with Crippen LogP contribution in [0.5, 0.6) is 11.8 Å². The van der Waals surface area contributed by atoms with Crippen molar-refractivity contribution in [1.82, 2.24) is 15.1 Å². The molecule has 0 saturated heterocycles. The van der Waals surface area contributed by atoms with Gasteiger partial charge in [0, 0.05) is 4.80 Å². The van der Waals surface area contributed by atoms with E-state index in [1.807, 2.05) is 30.3 Å². The summed E-state index contributed by atoms with van der Waals surface area (Å²) in [5, 5.41) is 20.0. The highest BCUT2D eigenvalue weighted by molar-refractivity contribution is 5.31. The Bertz CT molecular complexity index is 708. The zero-order valence-corrected chi connectivity index (χ0v) is 10.8. The van der Waals surface area contributed by atoms with Crippen molar-refractivity contribution in [2.24, 2.45) is 0 Å². The van der Waals surface area contributed by atoms with Gasteiger partial charge in [-0.3, -0.25) is 0 Å². The van der Waals surface area contributed by atoms with Gasteiger partial charge in [0.1, 0.15) is 11.4 Å². The van der Waals surface area contributed by atoms with E-state index in [1.54, 1.807) is 31.4 Å². The third-order valence-corrected chi connectivity index (χ3v) is 2.84. The minimum absolute atomic E-state index is 0.431. The monoisotopic (exact) mass is 268 g/mol. The molecule has 1 aromatic heterocycles. The van der Waals surface area contributed by atoms with Crippen LogP contribution in [-0.2, 0) is 0 Å². The maximum Gasteiger partial charge on any atom is 0.272 e. The number of aromatic nitrogens is 4. The van der Waals surface area contributed by atoms with Gasteiger partial charge in [-0.05, 0) is 36.4 Å². The summed E-state index contributed by atoms with van der Waals surface area (Å²) in [5.74, 6) is 0.720. The van der Waals surface area contributed by atoms with E-state index in [0.29, 0.717) is 5.69 Å². The first-order valence-corrected chi connectivity index (χ1v) is 6.04. The average molecular weight is 268 g/mol. The van der Waals surface area contributed by atoms with Crippen LogP contribution in [0.15, 0.2) is 54.6 Å². The number of ether oxygens (including phenoxy) is 1. The number of benzene rings is 2. The summed E-state index contributed by atoms with van der Waals surface area (Å²) in [6.07, 6.45) is 0. The summed E-state index contributed by atoms with van der Waals surface area (Å²) in [7, 11) is 1.59. The van der Waals surface area contributed by atoms with Crippen LogP contribution in [0.4, 0.5) is 0 Å². The van der Waals surface area contributed by atoms with Crippen LogP contribution in [0, 0.1) is 0 Å². The Morgan fingerprint density at radius 3 is 2.40 bits per heavy atom. The van der Waals surface area contributed by atoms with E-state index in [9.17, 15) is 5.11 Å². The van der Waals surface area contributed by atoms with Crippen LogP contribution in [0.1, 0.15) is 0 Å². The maximum absolute atomic E-state index is 11.9. The van der Waals surface area contributed by atoms with Gasteiger partial charge in [-0.15, -0.1) is 4.68 Å². The van der Waals surface area contributed by atoms with E-state index >= 15 is 0 Å². The highest BCUT2D eigenvalue weighted by Gasteiger charge is 2.15. The van der Waals surface area contributed by atoms with E-state index < -0.39 is 6.01 Å². The smallest absolute Gasteiger partial charge is 0.272 e. The molecule has 2 aromatic carbocycles. The standard InChI is InChI=1S/C14H12N4O2/c1-20-13-9-7-11(8-10-13)17-14(19)15-18(16-17)12-5-3-2-4-6-12/h2-10H,1H3. The Labute approximate surface area is 115 Å². The zero-order chi connectivity index (χ0) is 13.9. The second-order valence-electron chi connectivity index (χ2n) is 4.11. The van der Waals surface area contributed by atoms with Gasteiger partial charge < -0.3 is 9.84 Å². The van der Waals surface area contributed by atoms with Gasteiger partial charge in [-0.25, -0.2) is 0 Å². The first-order valence-electron chi connectivity index (χ1n) is 6.04. The quantitative estimate of drug-likeness (QED) is 0.653. The van der Waals surface area contributed by atoms with Crippen LogP contribution in [0.2, 0.25) is 0 Å². The highest BCUT2D eigenvalue weighted by atomic mass is 16.5. The Kier molecular flexibility index (Phi) is 3.04. The van der Waals surface area contributed by atoms with Gasteiger partial charge in [-0.2, -0.15) is 0 Å². The van der Waals surface area contributed by atoms with Gasteiger partial charge in [-0.1, -0.05) is 18.2 Å². The van der Waals surface area contributed by atoms with Gasteiger partial charge in [0.15, 0.2) is 5.69 Å². The first kappa shape index (κ1) is 12.2. The molecule has 0 N–H and O–H groups in total. The summed E-state index contributed by atoms with van der Waals surface area (Å²) in [4.78, 5) is 1.31. The SMILES string of the molecule is COc1ccc(-[n+]2nn(-c3ccccc3)nc2[O-])cc1. The highest BCUT2D eigenvalue weighted by Crippen LogP contribution is 2.12. The van der Waals surface area contributed by atoms with Crippen molar-refractivity contribution in [2.45, 2.75) is 0 Å². The molecule has 3 aromatic rings. The molecule has 0 spiro atoms. The Morgan fingerprint density at radius 1 is 1.05 bits per heavy atom. The van der Waals surface area contributed by atoms with Gasteiger partial charge in [0.05, 0.1) is 17.4 Å². The number of hydrogen-bond acceptors (Lipinski definition) is 4. The molecule has 0 unspecified atom stereocenters. The van der Waals surface area contributed by atoms with Crippen LogP contribution in [0.25, 0.3) is 11.4 Å². The van der Waals surface area contributed by atoms with E-state index in [1.165, 1.54) is 9.48 Å². The molecule has 0 bridgehead atoms. The second-order valence-corrected chi connectivity index (χ2v) is 4.11. The first-order chi connectivity index (χ1) is 9.78. The number of para-hydroxylation sites is 1. The lowest BCUT2D eigenvalue weighted by atomic mass is 10.3. The van der Waals surface area contributed by atoms with Crippen molar-refractivity contribution in [2.75, 3.05) is 7.11 Å². The molecule has 6 nitrogen and oxygen atoms in total. The van der Waals surface area contributed by atoms with Crippen LogP contribution >= 0.6 is 0 Å². The van der Waals surface area contributed by atoms with Crippen molar-refractivity contribution in [1.29, 1.82) is 0 Å². The Morgan fingerprint density at radius 2 is 1.75 bits per heavy atom. The molecule has 20 heavy (non-hydrogen) atoms. The van der Waals surface area contributed by atoms with Crippen molar-refractivity contribution in [3.63, 3.8) is 0 Å². The maximum atomic E-state index is 11.9. The minimum atomic E-state index is -0.431. The lowest BCUT2D eigenvalue weighted by Gasteiger charge is -2.01. The fraction of sp³-hybridized carbons (Fsp3) is 0.0714. The molecule has 1 heterocycles. The number of rotatable bonds is 3. The van der Waals surface area contributed by atoms with Crippen LogP contribution < -0.4 is 14.5 Å². The Balaban J connectivity index is 2.00. The van der Waals surface area contributed by atoms with Crippen molar-refractivity contribution >= 4 is 0 Å². The predicted octanol–water partition coefficient (Wildman–Crippen LogP) is 0.626. The molecular weight excluding hydrogens is 256 g/mol. The molecule has 0 aliphatic carbocycles. The summed E-state index contributed by atoms with van der Waals surface area (Å²) in [6, 6.07) is 15.9. The fourth-order valence-corrected chi connectivity index (χ4v) is 1.82. The number of hydrogen-bond donors (Lipinski definition) is 0. The molecule has 0 fully saturated rings. The summed E-state index contributed by atoms with van der Waals surface area (Å²) in [6.45, 7) is 0. The van der Waals surface area contributed by atoms with E-state index in [-0.39, 0.29) is 0 Å². The Hall–Kier alpha value is -2.89. The average Bonchev–Trinajstić information content (AvgIpc) is 2.90. The minimum Gasteiger partial charge on any atom is -0.816 e. The predicted molar refractivity (Wildman–Crippen MR) is 68.9 cm³/mol. The van der Waals surface area contributed by atoms with Crippen molar-refractivity contribution in [3.05, 3.63) is 54.6 Å². The lowest BCUT2D eigenvalue weighted by molar-refractivity contribution is -0.704. The molecule has 0 aliphatic rings. The number of methoxy groups -OCH3 is 1. The normalized spacial score (nSPS) is 10.4. The third-order valence-electron chi connectivity index (χ3n) is 2.84.